The minimum absolute atomic E-state index is 0.0537. The molecule has 0 saturated heterocycles. The van der Waals surface area contributed by atoms with Crippen molar-refractivity contribution < 1.29 is 9.53 Å². The average Bonchev–Trinajstić information content (AvgIpc) is 2.83. The summed E-state index contributed by atoms with van der Waals surface area (Å²) in [6.45, 7) is 3.98. The zero-order valence-corrected chi connectivity index (χ0v) is 10.5. The third-order valence-corrected chi connectivity index (χ3v) is 2.63. The Bertz CT molecular complexity index is 538. The van der Waals surface area contributed by atoms with Crippen molar-refractivity contribution in [2.75, 3.05) is 0 Å². The first-order valence-electron chi connectivity index (χ1n) is 6.07. The number of rotatable bonds is 5. The molecule has 2 aromatic heterocycles. The van der Waals surface area contributed by atoms with E-state index in [0.29, 0.717) is 11.2 Å². The van der Waals surface area contributed by atoms with Crippen LogP contribution in [0.4, 0.5) is 0 Å². The van der Waals surface area contributed by atoms with Crippen molar-refractivity contribution in [1.29, 1.82) is 0 Å². The summed E-state index contributed by atoms with van der Waals surface area (Å²) < 4.78 is 5.26. The van der Waals surface area contributed by atoms with Crippen molar-refractivity contribution in [2.45, 2.75) is 39.2 Å². The van der Waals surface area contributed by atoms with E-state index in [4.69, 9.17) is 4.74 Å². The Balaban J connectivity index is 2.03. The topological polar surface area (TPSA) is 80.8 Å². The van der Waals surface area contributed by atoms with Crippen molar-refractivity contribution in [3.05, 3.63) is 18.3 Å². The van der Waals surface area contributed by atoms with E-state index in [0.717, 1.165) is 19.3 Å². The van der Waals surface area contributed by atoms with Crippen LogP contribution in [-0.4, -0.2) is 32.0 Å². The van der Waals surface area contributed by atoms with Gasteiger partial charge in [0.05, 0.1) is 18.6 Å². The molecule has 0 fully saturated rings. The summed E-state index contributed by atoms with van der Waals surface area (Å²) in [5.41, 5.74) is 1.17. The van der Waals surface area contributed by atoms with Gasteiger partial charge in [0.15, 0.2) is 5.65 Å². The van der Waals surface area contributed by atoms with Crippen LogP contribution in [0.15, 0.2) is 12.5 Å². The van der Waals surface area contributed by atoms with E-state index < -0.39 is 5.97 Å². The first kappa shape index (κ1) is 12.5. The molecule has 0 spiro atoms. The minimum Gasteiger partial charge on any atom is -0.457 e. The van der Waals surface area contributed by atoms with Gasteiger partial charge in [0.1, 0.15) is 5.52 Å². The largest absolute Gasteiger partial charge is 0.457 e. The van der Waals surface area contributed by atoms with Crippen molar-refractivity contribution in [3.8, 4) is 0 Å². The molecule has 96 valence electrons. The van der Waals surface area contributed by atoms with Gasteiger partial charge in [-0.15, -0.1) is 0 Å². The molecule has 0 aliphatic heterocycles. The molecule has 2 aromatic rings. The fraction of sp³-hybridized carbons (Fsp3) is 0.500. The van der Waals surface area contributed by atoms with Gasteiger partial charge in [-0.1, -0.05) is 19.8 Å². The molecule has 6 heteroatoms. The molecule has 0 aliphatic rings. The summed E-state index contributed by atoms with van der Waals surface area (Å²) in [5.74, 6) is -0.443. The van der Waals surface area contributed by atoms with E-state index in [9.17, 15) is 4.79 Å². The number of aromatic amines is 1. The number of hydrogen-bond donors (Lipinski definition) is 1. The van der Waals surface area contributed by atoms with E-state index in [1.807, 2.05) is 6.92 Å². The molecule has 18 heavy (non-hydrogen) atoms. The molecule has 0 saturated carbocycles. The number of ether oxygens (including phenoxy) is 1. The number of fused-ring (bicyclic) bond motifs is 1. The van der Waals surface area contributed by atoms with E-state index in [1.165, 1.54) is 12.5 Å². The van der Waals surface area contributed by atoms with Gasteiger partial charge in [-0.25, -0.2) is 19.7 Å². The molecule has 1 unspecified atom stereocenters. The van der Waals surface area contributed by atoms with Crippen LogP contribution in [-0.2, 0) is 4.74 Å². The summed E-state index contributed by atoms with van der Waals surface area (Å²) in [6.07, 6.45) is 5.90. The maximum atomic E-state index is 11.8. The minimum atomic E-state index is -0.497. The van der Waals surface area contributed by atoms with Crippen molar-refractivity contribution in [1.82, 2.24) is 19.9 Å². The number of esters is 1. The Morgan fingerprint density at radius 3 is 3.11 bits per heavy atom. The van der Waals surface area contributed by atoms with Crippen molar-refractivity contribution >= 4 is 17.1 Å². The molecule has 0 radical (unpaired) electrons. The number of carbonyl (C=O) groups is 1. The molecule has 0 bridgehead atoms. The molecule has 2 heterocycles. The molecule has 0 amide bonds. The SMILES string of the molecule is CCCCC(C)OC(=O)c1ncc2[nH]cnc2n1. The number of nitrogens with one attached hydrogen (secondary N) is 1. The smallest absolute Gasteiger partial charge is 0.376 e. The molecular formula is C12H16N4O2. The van der Waals surface area contributed by atoms with Gasteiger partial charge in [-0.05, 0) is 13.3 Å². The van der Waals surface area contributed by atoms with Gasteiger partial charge in [0.2, 0.25) is 5.82 Å². The maximum Gasteiger partial charge on any atom is 0.376 e. The van der Waals surface area contributed by atoms with Gasteiger partial charge in [0, 0.05) is 0 Å². The first-order valence-corrected chi connectivity index (χ1v) is 6.07. The van der Waals surface area contributed by atoms with Crippen LogP contribution >= 0.6 is 0 Å². The monoisotopic (exact) mass is 248 g/mol. The second kappa shape index (κ2) is 5.57. The van der Waals surface area contributed by atoms with Crippen LogP contribution in [0, 0.1) is 0 Å². The summed E-state index contributed by atoms with van der Waals surface area (Å²) in [4.78, 5) is 26.6. The third-order valence-electron chi connectivity index (χ3n) is 2.63. The predicted octanol–water partition coefficient (Wildman–Crippen LogP) is 2.09. The lowest BCUT2D eigenvalue weighted by Crippen LogP contribution is -2.17. The quantitative estimate of drug-likeness (QED) is 0.819. The van der Waals surface area contributed by atoms with E-state index >= 15 is 0 Å². The van der Waals surface area contributed by atoms with Gasteiger partial charge in [0.25, 0.3) is 0 Å². The lowest BCUT2D eigenvalue weighted by Gasteiger charge is -2.11. The van der Waals surface area contributed by atoms with Crippen LogP contribution in [0.1, 0.15) is 43.7 Å². The highest BCUT2D eigenvalue weighted by Gasteiger charge is 2.15. The van der Waals surface area contributed by atoms with Gasteiger partial charge in [-0.3, -0.25) is 0 Å². The molecule has 1 atom stereocenters. The number of H-pyrrole nitrogens is 1. The van der Waals surface area contributed by atoms with E-state index in [2.05, 4.69) is 26.9 Å². The highest BCUT2D eigenvalue weighted by molar-refractivity contribution is 5.87. The Kier molecular flexibility index (Phi) is 3.86. The highest BCUT2D eigenvalue weighted by Crippen LogP contribution is 2.08. The van der Waals surface area contributed by atoms with Gasteiger partial charge in [-0.2, -0.15) is 0 Å². The molecule has 0 aliphatic carbocycles. The van der Waals surface area contributed by atoms with Crippen molar-refractivity contribution in [3.63, 3.8) is 0 Å². The van der Waals surface area contributed by atoms with Gasteiger partial charge < -0.3 is 9.72 Å². The number of nitrogens with zero attached hydrogens (tertiary/aromatic N) is 3. The fourth-order valence-corrected chi connectivity index (χ4v) is 1.62. The Morgan fingerprint density at radius 2 is 2.33 bits per heavy atom. The van der Waals surface area contributed by atoms with Crippen LogP contribution in [0.25, 0.3) is 11.2 Å². The summed E-state index contributed by atoms with van der Waals surface area (Å²) in [5, 5.41) is 0. The highest BCUT2D eigenvalue weighted by atomic mass is 16.5. The second-order valence-corrected chi connectivity index (χ2v) is 4.19. The van der Waals surface area contributed by atoms with Crippen LogP contribution < -0.4 is 0 Å². The molecule has 0 aromatic carbocycles. The third kappa shape index (κ3) is 2.82. The number of unbranched alkanes of at least 4 members (excludes halogenated alkanes) is 1. The molecular weight excluding hydrogens is 232 g/mol. The standard InChI is InChI=1S/C12H16N4O2/c1-3-4-5-8(2)18-12(17)11-13-6-9-10(16-11)15-7-14-9/h6-8H,3-5H2,1-2H3,(H,13,14,15,16). The zero-order chi connectivity index (χ0) is 13.0. The molecule has 6 nitrogen and oxygen atoms in total. The Morgan fingerprint density at radius 1 is 1.50 bits per heavy atom. The predicted molar refractivity (Wildman–Crippen MR) is 66.1 cm³/mol. The number of imidazole rings is 1. The van der Waals surface area contributed by atoms with E-state index in [1.54, 1.807) is 0 Å². The zero-order valence-electron chi connectivity index (χ0n) is 10.5. The Labute approximate surface area is 105 Å². The number of hydrogen-bond acceptors (Lipinski definition) is 5. The second-order valence-electron chi connectivity index (χ2n) is 4.19. The number of carbonyl (C=O) groups excluding carboxylic acids is 1. The molecule has 1 N–H and O–H groups in total. The summed E-state index contributed by atoms with van der Waals surface area (Å²) >= 11 is 0. The van der Waals surface area contributed by atoms with Gasteiger partial charge >= 0.3 is 5.97 Å². The number of aromatic nitrogens is 4. The average molecular weight is 248 g/mol. The molecule has 2 rings (SSSR count). The summed E-state index contributed by atoms with van der Waals surface area (Å²) in [6, 6.07) is 0. The van der Waals surface area contributed by atoms with Crippen molar-refractivity contribution in [2.24, 2.45) is 0 Å². The Hall–Kier alpha value is -1.98. The first-order chi connectivity index (χ1) is 8.70. The lowest BCUT2D eigenvalue weighted by molar-refractivity contribution is 0.0306. The fourth-order valence-electron chi connectivity index (χ4n) is 1.62. The van der Waals surface area contributed by atoms with Crippen LogP contribution in [0.2, 0.25) is 0 Å². The lowest BCUT2D eigenvalue weighted by atomic mass is 10.2. The maximum absolute atomic E-state index is 11.8. The normalized spacial score (nSPS) is 12.6. The van der Waals surface area contributed by atoms with Crippen LogP contribution in [0.3, 0.4) is 0 Å². The van der Waals surface area contributed by atoms with E-state index in [-0.39, 0.29) is 11.9 Å². The summed E-state index contributed by atoms with van der Waals surface area (Å²) in [7, 11) is 0. The van der Waals surface area contributed by atoms with Crippen LogP contribution in [0.5, 0.6) is 0 Å².